The lowest BCUT2D eigenvalue weighted by Crippen LogP contribution is -2.29. The molecule has 1 saturated heterocycles. The second kappa shape index (κ2) is 6.19. The fourth-order valence-electron chi connectivity index (χ4n) is 3.53. The number of pyridine rings is 1. The number of ether oxygens (including phenoxy) is 1. The number of fused-ring (bicyclic) bond motifs is 1. The standard InChI is InChI=1S/C18H21N5O3/c1-4-26-18(25)15-9-23(21-20-15)11(3)14-7-19-16(5-10(14)2)22-8-12-6-13(12)17(22)24/h5,7,9,11-13H,4,6,8H2,1-3H3/t11-,12-,13-/m1/s1. The molecule has 2 aromatic rings. The van der Waals surface area contributed by atoms with Crippen LogP contribution in [-0.2, 0) is 9.53 Å². The van der Waals surface area contributed by atoms with Crippen LogP contribution >= 0.6 is 0 Å². The van der Waals surface area contributed by atoms with E-state index >= 15 is 0 Å². The number of hydrogen-bond donors (Lipinski definition) is 0. The van der Waals surface area contributed by atoms with Crippen LogP contribution in [0, 0.1) is 18.8 Å². The van der Waals surface area contributed by atoms with E-state index < -0.39 is 5.97 Å². The fourth-order valence-corrected chi connectivity index (χ4v) is 3.53. The van der Waals surface area contributed by atoms with Crippen molar-refractivity contribution in [3.63, 3.8) is 0 Å². The smallest absolute Gasteiger partial charge is 0.360 e. The molecule has 8 heteroatoms. The molecule has 8 nitrogen and oxygen atoms in total. The molecule has 1 saturated carbocycles. The van der Waals surface area contributed by atoms with Gasteiger partial charge >= 0.3 is 5.97 Å². The third kappa shape index (κ3) is 2.75. The molecule has 0 radical (unpaired) electrons. The Balaban J connectivity index is 1.54. The number of anilines is 1. The maximum Gasteiger partial charge on any atom is 0.360 e. The highest BCUT2D eigenvalue weighted by Gasteiger charge is 2.52. The van der Waals surface area contributed by atoms with Crippen LogP contribution in [0.5, 0.6) is 0 Å². The van der Waals surface area contributed by atoms with Gasteiger partial charge in [-0.05, 0) is 50.3 Å². The van der Waals surface area contributed by atoms with Crippen molar-refractivity contribution in [2.45, 2.75) is 33.2 Å². The van der Waals surface area contributed by atoms with Crippen LogP contribution in [0.25, 0.3) is 0 Å². The SMILES string of the molecule is CCOC(=O)c1cn([C@H](C)c2cnc(N3C[C@H]4C[C@H]4C3=O)cc2C)nn1. The zero-order valence-electron chi connectivity index (χ0n) is 15.0. The molecule has 1 aliphatic carbocycles. The van der Waals surface area contributed by atoms with Crippen LogP contribution in [0.1, 0.15) is 47.9 Å². The van der Waals surface area contributed by atoms with Crippen LogP contribution in [-0.4, -0.2) is 45.0 Å². The second-order valence-corrected chi connectivity index (χ2v) is 6.93. The minimum Gasteiger partial charge on any atom is -0.461 e. The summed E-state index contributed by atoms with van der Waals surface area (Å²) in [7, 11) is 0. The lowest BCUT2D eigenvalue weighted by molar-refractivity contribution is -0.118. The summed E-state index contributed by atoms with van der Waals surface area (Å²) in [4.78, 5) is 30.3. The monoisotopic (exact) mass is 355 g/mol. The van der Waals surface area contributed by atoms with Crippen LogP contribution < -0.4 is 4.90 Å². The molecule has 0 N–H and O–H groups in total. The summed E-state index contributed by atoms with van der Waals surface area (Å²) in [5.74, 6) is 1.15. The first-order chi connectivity index (χ1) is 12.5. The summed E-state index contributed by atoms with van der Waals surface area (Å²) in [6.07, 6.45) is 4.38. The van der Waals surface area contributed by atoms with Crippen molar-refractivity contribution >= 4 is 17.7 Å². The number of aromatic nitrogens is 4. The average Bonchev–Trinajstić information content (AvgIpc) is 3.08. The van der Waals surface area contributed by atoms with E-state index in [4.69, 9.17) is 4.74 Å². The van der Waals surface area contributed by atoms with Gasteiger partial charge in [-0.2, -0.15) is 0 Å². The van der Waals surface area contributed by atoms with Gasteiger partial charge in [0.15, 0.2) is 5.69 Å². The number of piperidine rings is 1. The van der Waals surface area contributed by atoms with Crippen molar-refractivity contribution in [2.24, 2.45) is 11.8 Å². The van der Waals surface area contributed by atoms with Gasteiger partial charge in [0.25, 0.3) is 0 Å². The molecule has 0 unspecified atom stereocenters. The number of aryl methyl sites for hydroxylation is 1. The molecule has 136 valence electrons. The Bertz CT molecular complexity index is 877. The second-order valence-electron chi connectivity index (χ2n) is 6.93. The predicted molar refractivity (Wildman–Crippen MR) is 92.7 cm³/mol. The third-order valence-electron chi connectivity index (χ3n) is 5.18. The normalized spacial score (nSPS) is 22.3. The predicted octanol–water partition coefficient (Wildman–Crippen LogP) is 1.75. The van der Waals surface area contributed by atoms with E-state index in [1.165, 1.54) is 0 Å². The summed E-state index contributed by atoms with van der Waals surface area (Å²) >= 11 is 0. The average molecular weight is 355 g/mol. The molecule has 2 aliphatic rings. The van der Waals surface area contributed by atoms with Crippen LogP contribution in [0.3, 0.4) is 0 Å². The number of esters is 1. The molecule has 3 atom stereocenters. The first-order valence-electron chi connectivity index (χ1n) is 8.86. The molecular formula is C18H21N5O3. The van der Waals surface area contributed by atoms with E-state index in [9.17, 15) is 9.59 Å². The summed E-state index contributed by atoms with van der Waals surface area (Å²) in [5, 5.41) is 7.92. The largest absolute Gasteiger partial charge is 0.461 e. The Morgan fingerprint density at radius 1 is 1.46 bits per heavy atom. The van der Waals surface area contributed by atoms with Gasteiger partial charge in [-0.25, -0.2) is 14.5 Å². The molecule has 0 aromatic carbocycles. The van der Waals surface area contributed by atoms with Crippen LogP contribution in [0.4, 0.5) is 5.82 Å². The highest BCUT2D eigenvalue weighted by molar-refractivity contribution is 5.99. The number of nitrogens with zero attached hydrogens (tertiary/aromatic N) is 5. The van der Waals surface area contributed by atoms with Gasteiger partial charge in [0.05, 0.1) is 18.8 Å². The topological polar surface area (TPSA) is 90.2 Å². The zero-order valence-corrected chi connectivity index (χ0v) is 15.0. The van der Waals surface area contributed by atoms with Crippen LogP contribution in [0.2, 0.25) is 0 Å². The number of rotatable bonds is 5. The van der Waals surface area contributed by atoms with Crippen molar-refractivity contribution in [1.82, 2.24) is 20.0 Å². The molecule has 1 aliphatic heterocycles. The highest BCUT2D eigenvalue weighted by atomic mass is 16.5. The number of hydrogen-bond acceptors (Lipinski definition) is 6. The number of amides is 1. The lowest BCUT2D eigenvalue weighted by Gasteiger charge is -2.20. The van der Waals surface area contributed by atoms with E-state index in [-0.39, 0.29) is 23.6 Å². The molecule has 4 rings (SSSR count). The summed E-state index contributed by atoms with van der Waals surface area (Å²) < 4.78 is 6.56. The Morgan fingerprint density at radius 2 is 2.27 bits per heavy atom. The fraction of sp³-hybridized carbons (Fsp3) is 0.500. The van der Waals surface area contributed by atoms with E-state index in [0.717, 1.165) is 24.1 Å². The molecule has 2 aromatic heterocycles. The molecule has 3 heterocycles. The number of carbonyl (C=O) groups is 2. The maximum atomic E-state index is 12.2. The Labute approximate surface area is 151 Å². The first-order valence-corrected chi connectivity index (χ1v) is 8.86. The minimum atomic E-state index is -0.484. The van der Waals surface area contributed by atoms with Crippen molar-refractivity contribution in [3.8, 4) is 0 Å². The zero-order chi connectivity index (χ0) is 18.4. The van der Waals surface area contributed by atoms with Crippen LogP contribution in [0.15, 0.2) is 18.5 Å². The van der Waals surface area contributed by atoms with Gasteiger partial charge in [-0.3, -0.25) is 9.69 Å². The minimum absolute atomic E-state index is 0.144. The van der Waals surface area contributed by atoms with Gasteiger partial charge in [0.1, 0.15) is 5.82 Å². The summed E-state index contributed by atoms with van der Waals surface area (Å²) in [6, 6.07) is 1.80. The highest BCUT2D eigenvalue weighted by Crippen LogP contribution is 2.47. The Kier molecular flexibility index (Phi) is 3.97. The van der Waals surface area contributed by atoms with Gasteiger partial charge in [-0.15, -0.1) is 5.10 Å². The molecule has 0 bridgehead atoms. The first kappa shape index (κ1) is 16.7. The molecule has 26 heavy (non-hydrogen) atoms. The summed E-state index contributed by atoms with van der Waals surface area (Å²) in [5.41, 5.74) is 2.16. The third-order valence-corrected chi connectivity index (χ3v) is 5.18. The van der Waals surface area contributed by atoms with Gasteiger partial charge in [0.2, 0.25) is 5.91 Å². The van der Waals surface area contributed by atoms with E-state index in [0.29, 0.717) is 18.3 Å². The molecule has 1 amide bonds. The van der Waals surface area contributed by atoms with E-state index in [1.54, 1.807) is 28.9 Å². The van der Waals surface area contributed by atoms with Crippen molar-refractivity contribution < 1.29 is 14.3 Å². The van der Waals surface area contributed by atoms with E-state index in [2.05, 4.69) is 15.3 Å². The maximum absolute atomic E-state index is 12.2. The number of carbonyl (C=O) groups excluding carboxylic acids is 2. The van der Waals surface area contributed by atoms with Crippen molar-refractivity contribution in [2.75, 3.05) is 18.1 Å². The van der Waals surface area contributed by atoms with Gasteiger partial charge in [0, 0.05) is 18.7 Å². The van der Waals surface area contributed by atoms with Gasteiger partial charge < -0.3 is 4.74 Å². The Morgan fingerprint density at radius 3 is 2.92 bits per heavy atom. The van der Waals surface area contributed by atoms with E-state index in [1.807, 2.05) is 19.9 Å². The molecule has 2 fully saturated rings. The molecule has 0 spiro atoms. The Hall–Kier alpha value is -2.77. The van der Waals surface area contributed by atoms with Gasteiger partial charge in [-0.1, -0.05) is 5.21 Å². The van der Waals surface area contributed by atoms with Crippen molar-refractivity contribution in [3.05, 3.63) is 35.3 Å². The summed E-state index contributed by atoms with van der Waals surface area (Å²) in [6.45, 7) is 6.76. The lowest BCUT2D eigenvalue weighted by atomic mass is 10.1. The quantitative estimate of drug-likeness (QED) is 0.759. The molecular weight excluding hydrogens is 334 g/mol. The van der Waals surface area contributed by atoms with Crippen molar-refractivity contribution in [1.29, 1.82) is 0 Å².